The number of aromatic hydroxyl groups is 1. The Labute approximate surface area is 163 Å². The molecule has 1 amide bonds. The van der Waals surface area contributed by atoms with Gasteiger partial charge in [0.25, 0.3) is 5.91 Å². The first-order valence-corrected chi connectivity index (χ1v) is 8.66. The lowest BCUT2D eigenvalue weighted by Crippen LogP contribution is -2.23. The van der Waals surface area contributed by atoms with Crippen LogP contribution in [0.2, 0.25) is 0 Å². The maximum atomic E-state index is 12.3. The number of phenolic OH excluding ortho intramolecular Hbond substituents is 1. The Kier molecular flexibility index (Phi) is 5.87. The number of hydrazone groups is 1. The van der Waals surface area contributed by atoms with Crippen LogP contribution in [0.4, 0.5) is 5.69 Å². The number of hydrogen-bond donors (Lipinski definition) is 1. The van der Waals surface area contributed by atoms with E-state index < -0.39 is 0 Å². The van der Waals surface area contributed by atoms with Crippen molar-refractivity contribution >= 4 is 17.8 Å². The zero-order valence-electron chi connectivity index (χ0n) is 15.4. The minimum absolute atomic E-state index is 0.0424. The number of amides is 1. The van der Waals surface area contributed by atoms with Crippen molar-refractivity contribution in [2.75, 3.05) is 12.1 Å². The van der Waals surface area contributed by atoms with E-state index in [0.717, 1.165) is 11.1 Å². The quantitative estimate of drug-likeness (QED) is 0.390. The molecule has 0 aliphatic carbocycles. The maximum absolute atomic E-state index is 12.3. The highest BCUT2D eigenvalue weighted by Gasteiger charge is 2.13. The molecule has 0 aliphatic heterocycles. The van der Waals surface area contributed by atoms with Crippen LogP contribution in [0.3, 0.4) is 0 Å². The molecule has 0 saturated carbocycles. The number of ether oxygens (including phenoxy) is 1. The van der Waals surface area contributed by atoms with Gasteiger partial charge in [0.1, 0.15) is 0 Å². The second-order valence-electron chi connectivity index (χ2n) is 5.91. The lowest BCUT2D eigenvalue weighted by molar-refractivity contribution is -0.114. The zero-order chi connectivity index (χ0) is 19.9. The predicted octanol–water partition coefficient (Wildman–Crippen LogP) is 4.62. The van der Waals surface area contributed by atoms with Gasteiger partial charge in [-0.1, -0.05) is 55.1 Å². The van der Waals surface area contributed by atoms with Gasteiger partial charge in [0.05, 0.1) is 19.0 Å². The van der Waals surface area contributed by atoms with Crippen LogP contribution in [-0.2, 0) is 4.79 Å². The Morgan fingerprint density at radius 3 is 2.32 bits per heavy atom. The van der Waals surface area contributed by atoms with E-state index in [2.05, 4.69) is 11.7 Å². The van der Waals surface area contributed by atoms with Crippen molar-refractivity contribution in [3.8, 4) is 22.6 Å². The summed E-state index contributed by atoms with van der Waals surface area (Å²) in [5.74, 6) is -0.0944. The van der Waals surface area contributed by atoms with Gasteiger partial charge in [-0.05, 0) is 41.5 Å². The van der Waals surface area contributed by atoms with E-state index in [1.165, 1.54) is 24.4 Å². The van der Waals surface area contributed by atoms with Crippen molar-refractivity contribution in [1.29, 1.82) is 0 Å². The number of carbonyl (C=O) groups excluding carboxylic acids is 1. The molecule has 0 bridgehead atoms. The summed E-state index contributed by atoms with van der Waals surface area (Å²) in [5.41, 5.74) is 3.13. The third-order valence-electron chi connectivity index (χ3n) is 4.16. The number of nitrogens with zero attached hydrogens (tertiary/aromatic N) is 2. The van der Waals surface area contributed by atoms with Crippen molar-refractivity contribution in [1.82, 2.24) is 0 Å². The molecule has 0 saturated heterocycles. The Bertz CT molecular complexity index is 996. The molecule has 5 heteroatoms. The van der Waals surface area contributed by atoms with Crippen molar-refractivity contribution in [3.63, 3.8) is 0 Å². The van der Waals surface area contributed by atoms with Crippen LogP contribution in [-0.4, -0.2) is 24.3 Å². The molecule has 0 heterocycles. The summed E-state index contributed by atoms with van der Waals surface area (Å²) in [6, 6.07) is 22.5. The van der Waals surface area contributed by atoms with Gasteiger partial charge in [0, 0.05) is 5.56 Å². The summed E-state index contributed by atoms with van der Waals surface area (Å²) in [5, 5.41) is 15.7. The van der Waals surface area contributed by atoms with Gasteiger partial charge in [-0.15, -0.1) is 0 Å². The Balaban J connectivity index is 1.91. The molecule has 0 aliphatic rings. The molecule has 0 fully saturated rings. The summed E-state index contributed by atoms with van der Waals surface area (Å²) < 4.78 is 5.09. The number of benzene rings is 3. The number of carbonyl (C=O) groups is 1. The molecule has 140 valence electrons. The fourth-order valence-corrected chi connectivity index (χ4v) is 2.69. The van der Waals surface area contributed by atoms with E-state index in [-0.39, 0.29) is 11.7 Å². The molecule has 0 aromatic heterocycles. The first-order valence-electron chi connectivity index (χ1n) is 8.66. The average molecular weight is 372 g/mol. The van der Waals surface area contributed by atoms with Crippen molar-refractivity contribution in [2.45, 2.75) is 0 Å². The van der Waals surface area contributed by atoms with Crippen LogP contribution in [0, 0.1) is 0 Å². The van der Waals surface area contributed by atoms with Crippen molar-refractivity contribution in [3.05, 3.63) is 91.0 Å². The number of para-hydroxylation sites is 1. The number of methoxy groups -OCH3 is 1. The Morgan fingerprint density at radius 1 is 1.00 bits per heavy atom. The fraction of sp³-hybridized carbons (Fsp3) is 0.0435. The second kappa shape index (κ2) is 8.68. The average Bonchev–Trinajstić information content (AvgIpc) is 2.75. The van der Waals surface area contributed by atoms with E-state index in [1.807, 2.05) is 54.6 Å². The van der Waals surface area contributed by atoms with Crippen molar-refractivity contribution < 1.29 is 14.6 Å². The highest BCUT2D eigenvalue weighted by molar-refractivity contribution is 6.02. The molecular weight excluding hydrogens is 352 g/mol. The molecule has 28 heavy (non-hydrogen) atoms. The SMILES string of the molecule is C=CC(=O)N(N=Cc1cccc(OC)c1O)c1ccc(-c2ccccc2)cc1. The third-order valence-corrected chi connectivity index (χ3v) is 4.16. The molecule has 0 spiro atoms. The van der Waals surface area contributed by atoms with Gasteiger partial charge in [-0.25, -0.2) is 0 Å². The smallest absolute Gasteiger partial charge is 0.270 e. The zero-order valence-corrected chi connectivity index (χ0v) is 15.4. The van der Waals surface area contributed by atoms with Crippen LogP contribution in [0.15, 0.2) is 90.6 Å². The molecule has 0 atom stereocenters. The number of hydrogen-bond acceptors (Lipinski definition) is 4. The van der Waals surface area contributed by atoms with Gasteiger partial charge in [-0.3, -0.25) is 4.79 Å². The van der Waals surface area contributed by atoms with Gasteiger partial charge >= 0.3 is 0 Å². The Hall–Kier alpha value is -3.86. The summed E-state index contributed by atoms with van der Waals surface area (Å²) >= 11 is 0. The van der Waals surface area contributed by atoms with Crippen molar-refractivity contribution in [2.24, 2.45) is 5.10 Å². The molecule has 3 aromatic rings. The van der Waals surface area contributed by atoms with Crippen LogP contribution in [0.25, 0.3) is 11.1 Å². The molecule has 1 N–H and O–H groups in total. The largest absolute Gasteiger partial charge is 0.504 e. The molecule has 3 aromatic carbocycles. The van der Waals surface area contributed by atoms with E-state index in [1.54, 1.807) is 18.2 Å². The maximum Gasteiger partial charge on any atom is 0.270 e. The fourth-order valence-electron chi connectivity index (χ4n) is 2.69. The summed E-state index contributed by atoms with van der Waals surface area (Å²) in [6.45, 7) is 3.54. The monoisotopic (exact) mass is 372 g/mol. The van der Waals surface area contributed by atoms with E-state index in [0.29, 0.717) is 17.0 Å². The van der Waals surface area contributed by atoms with Crippen LogP contribution >= 0.6 is 0 Å². The topological polar surface area (TPSA) is 62.1 Å². The van der Waals surface area contributed by atoms with E-state index in [4.69, 9.17) is 4.74 Å². The minimum Gasteiger partial charge on any atom is -0.504 e. The number of anilines is 1. The molecule has 3 rings (SSSR count). The Morgan fingerprint density at radius 2 is 1.68 bits per heavy atom. The van der Waals surface area contributed by atoms with Gasteiger partial charge < -0.3 is 9.84 Å². The highest BCUT2D eigenvalue weighted by atomic mass is 16.5. The lowest BCUT2D eigenvalue weighted by Gasteiger charge is -2.16. The van der Waals surface area contributed by atoms with Gasteiger partial charge in [0.15, 0.2) is 11.5 Å². The van der Waals surface area contributed by atoms with E-state index in [9.17, 15) is 9.90 Å². The first kappa shape index (κ1) is 18.9. The number of rotatable bonds is 6. The first-order chi connectivity index (χ1) is 13.6. The number of phenols is 1. The summed E-state index contributed by atoms with van der Waals surface area (Å²) in [4.78, 5) is 12.3. The third kappa shape index (κ3) is 4.10. The van der Waals surface area contributed by atoms with E-state index >= 15 is 0 Å². The molecular formula is C23H20N2O3. The standard InChI is InChI=1S/C23H20N2O3/c1-3-22(26)25(24-16-19-10-7-11-21(28-2)23(19)27)20-14-12-18(13-15-20)17-8-5-4-6-9-17/h3-16,27H,1H2,2H3. The van der Waals surface area contributed by atoms with Gasteiger partial charge in [0.2, 0.25) is 0 Å². The summed E-state index contributed by atoms with van der Waals surface area (Å²) in [7, 11) is 1.47. The molecule has 0 radical (unpaired) electrons. The minimum atomic E-state index is -0.383. The van der Waals surface area contributed by atoms with Gasteiger partial charge in [-0.2, -0.15) is 10.1 Å². The highest BCUT2D eigenvalue weighted by Crippen LogP contribution is 2.28. The molecule has 0 unspecified atom stereocenters. The lowest BCUT2D eigenvalue weighted by atomic mass is 10.1. The van der Waals surface area contributed by atoms with Crippen LogP contribution in [0.5, 0.6) is 11.5 Å². The van der Waals surface area contributed by atoms with Crippen LogP contribution < -0.4 is 9.75 Å². The van der Waals surface area contributed by atoms with Crippen LogP contribution in [0.1, 0.15) is 5.56 Å². The normalized spacial score (nSPS) is 10.6. The predicted molar refractivity (Wildman–Crippen MR) is 112 cm³/mol. The second-order valence-corrected chi connectivity index (χ2v) is 5.91. The summed E-state index contributed by atoms with van der Waals surface area (Å²) in [6.07, 6.45) is 2.60. The molecule has 5 nitrogen and oxygen atoms in total.